The van der Waals surface area contributed by atoms with Crippen LogP contribution in [0.2, 0.25) is 0 Å². The molecule has 1 unspecified atom stereocenters. The molecular weight excluding hydrogens is 268 g/mol. The Labute approximate surface area is 125 Å². The van der Waals surface area contributed by atoms with Gasteiger partial charge in [-0.1, -0.05) is 13.8 Å². The van der Waals surface area contributed by atoms with Crippen molar-refractivity contribution in [1.29, 1.82) is 5.41 Å². The number of nitrogens with two attached hydrogens (primary N) is 1. The van der Waals surface area contributed by atoms with Crippen molar-refractivity contribution < 1.29 is 9.47 Å². The maximum atomic E-state index is 7.81. The van der Waals surface area contributed by atoms with Crippen LogP contribution in [0.1, 0.15) is 49.9 Å². The summed E-state index contributed by atoms with van der Waals surface area (Å²) in [7, 11) is 0. The molecule has 2 rings (SSSR count). The van der Waals surface area contributed by atoms with Gasteiger partial charge in [-0.25, -0.2) is 0 Å². The van der Waals surface area contributed by atoms with Crippen LogP contribution in [0, 0.1) is 5.41 Å². The molecule has 6 heteroatoms. The van der Waals surface area contributed by atoms with Crippen molar-refractivity contribution in [2.75, 3.05) is 13.2 Å². The van der Waals surface area contributed by atoms with Crippen molar-refractivity contribution in [1.82, 2.24) is 10.2 Å². The highest BCUT2D eigenvalue weighted by Gasteiger charge is 2.20. The summed E-state index contributed by atoms with van der Waals surface area (Å²) in [5.74, 6) is 0.335. The van der Waals surface area contributed by atoms with Gasteiger partial charge in [-0.05, 0) is 37.7 Å². The predicted molar refractivity (Wildman–Crippen MR) is 80.9 cm³/mol. The zero-order chi connectivity index (χ0) is 15.2. The van der Waals surface area contributed by atoms with E-state index in [4.69, 9.17) is 20.6 Å². The number of amidine groups is 1. The van der Waals surface area contributed by atoms with E-state index in [2.05, 4.69) is 10.2 Å². The maximum Gasteiger partial charge on any atom is 0.244 e. The van der Waals surface area contributed by atoms with E-state index in [0.717, 1.165) is 50.0 Å². The fraction of sp³-hybridized carbons (Fsp3) is 0.667. The monoisotopic (exact) mass is 292 g/mol. The summed E-state index contributed by atoms with van der Waals surface area (Å²) in [4.78, 5) is 0. The highest BCUT2D eigenvalue weighted by atomic mass is 16.5. The number of rotatable bonds is 6. The minimum absolute atomic E-state index is 0.0176. The third kappa shape index (κ3) is 3.69. The lowest BCUT2D eigenvalue weighted by Gasteiger charge is -2.23. The van der Waals surface area contributed by atoms with Gasteiger partial charge in [0.2, 0.25) is 5.88 Å². The lowest BCUT2D eigenvalue weighted by Crippen LogP contribution is -2.27. The molecule has 116 valence electrons. The number of hydrogen-bond donors (Lipinski definition) is 2. The summed E-state index contributed by atoms with van der Waals surface area (Å²) in [5, 5.41) is 16.1. The lowest BCUT2D eigenvalue weighted by atomic mass is 10.0. The van der Waals surface area contributed by atoms with Gasteiger partial charge in [0.1, 0.15) is 12.4 Å². The van der Waals surface area contributed by atoms with E-state index in [0.29, 0.717) is 18.1 Å². The first-order valence-corrected chi connectivity index (χ1v) is 7.64. The second-order valence-electron chi connectivity index (χ2n) is 5.23. The molecule has 0 saturated carbocycles. The zero-order valence-electron chi connectivity index (χ0n) is 12.8. The molecule has 6 nitrogen and oxygen atoms in total. The average Bonchev–Trinajstić information content (AvgIpc) is 2.52. The van der Waals surface area contributed by atoms with Crippen LogP contribution in [0.25, 0.3) is 0 Å². The van der Waals surface area contributed by atoms with Crippen LogP contribution in [0.15, 0.2) is 0 Å². The van der Waals surface area contributed by atoms with Gasteiger partial charge in [0.05, 0.1) is 17.4 Å². The molecule has 0 bridgehead atoms. The Morgan fingerprint density at radius 3 is 2.71 bits per heavy atom. The Hall–Kier alpha value is -1.69. The van der Waals surface area contributed by atoms with Gasteiger partial charge in [0, 0.05) is 6.61 Å². The van der Waals surface area contributed by atoms with Gasteiger partial charge >= 0.3 is 0 Å². The van der Waals surface area contributed by atoms with Gasteiger partial charge in [0.25, 0.3) is 0 Å². The second-order valence-corrected chi connectivity index (χ2v) is 5.23. The van der Waals surface area contributed by atoms with E-state index in [1.54, 1.807) is 0 Å². The normalized spacial score (nSPS) is 18.5. The number of aromatic nitrogens is 2. The van der Waals surface area contributed by atoms with Crippen molar-refractivity contribution in [2.24, 2.45) is 5.73 Å². The molecule has 2 heterocycles. The van der Waals surface area contributed by atoms with Crippen LogP contribution in [-0.2, 0) is 17.6 Å². The Kier molecular flexibility index (Phi) is 5.50. The average molecular weight is 292 g/mol. The van der Waals surface area contributed by atoms with Crippen molar-refractivity contribution >= 4 is 5.84 Å². The van der Waals surface area contributed by atoms with E-state index in [-0.39, 0.29) is 11.9 Å². The molecule has 0 aliphatic carbocycles. The Balaban J connectivity index is 2.19. The molecule has 1 aliphatic rings. The summed E-state index contributed by atoms with van der Waals surface area (Å²) < 4.78 is 11.4. The summed E-state index contributed by atoms with van der Waals surface area (Å²) in [6, 6.07) is 0. The molecule has 1 aromatic heterocycles. The predicted octanol–water partition coefficient (Wildman–Crippen LogP) is 1.83. The van der Waals surface area contributed by atoms with Crippen LogP contribution in [0.5, 0.6) is 5.88 Å². The first-order chi connectivity index (χ1) is 10.2. The third-order valence-corrected chi connectivity index (χ3v) is 3.76. The SMILES string of the molecule is CCc1nnc(OCC2CCCCO2)c(C(=N)N)c1CC. The van der Waals surface area contributed by atoms with Crippen LogP contribution < -0.4 is 10.5 Å². The molecular formula is C15H24N4O2. The Bertz CT molecular complexity index is 499. The van der Waals surface area contributed by atoms with Gasteiger partial charge in [0.15, 0.2) is 0 Å². The summed E-state index contributed by atoms with van der Waals surface area (Å²) in [6.45, 7) is 5.26. The summed E-state index contributed by atoms with van der Waals surface area (Å²) >= 11 is 0. The molecule has 1 saturated heterocycles. The first kappa shape index (κ1) is 15.7. The number of aryl methyl sites for hydroxylation is 1. The van der Waals surface area contributed by atoms with Crippen molar-refractivity contribution in [2.45, 2.75) is 52.1 Å². The first-order valence-electron chi connectivity index (χ1n) is 7.64. The fourth-order valence-electron chi connectivity index (χ4n) is 2.64. The molecule has 3 N–H and O–H groups in total. The standard InChI is InChI=1S/C15H24N4O2/c1-3-11-12(4-2)18-19-15(13(11)14(16)17)21-9-10-7-5-6-8-20-10/h10H,3-9H2,1-2H3,(H3,16,17). The minimum Gasteiger partial charge on any atom is -0.473 e. The zero-order valence-corrected chi connectivity index (χ0v) is 12.8. The summed E-state index contributed by atoms with van der Waals surface area (Å²) in [5.41, 5.74) is 8.15. The van der Waals surface area contributed by atoms with E-state index in [1.807, 2.05) is 13.8 Å². The maximum absolute atomic E-state index is 7.81. The number of hydrogen-bond acceptors (Lipinski definition) is 5. The van der Waals surface area contributed by atoms with Crippen LogP contribution in [-0.4, -0.2) is 35.4 Å². The van der Waals surface area contributed by atoms with E-state index >= 15 is 0 Å². The smallest absolute Gasteiger partial charge is 0.244 e. The minimum atomic E-state index is -0.0176. The van der Waals surface area contributed by atoms with Crippen LogP contribution in [0.3, 0.4) is 0 Å². The fourth-order valence-corrected chi connectivity index (χ4v) is 2.64. The molecule has 1 atom stereocenters. The molecule has 21 heavy (non-hydrogen) atoms. The van der Waals surface area contributed by atoms with Gasteiger partial charge in [-0.3, -0.25) is 5.41 Å². The van der Waals surface area contributed by atoms with Gasteiger partial charge in [-0.15, -0.1) is 5.10 Å². The molecule has 0 spiro atoms. The van der Waals surface area contributed by atoms with Gasteiger partial charge < -0.3 is 15.2 Å². The summed E-state index contributed by atoms with van der Waals surface area (Å²) in [6.07, 6.45) is 4.88. The Morgan fingerprint density at radius 2 is 2.14 bits per heavy atom. The highest BCUT2D eigenvalue weighted by molar-refractivity contribution is 5.98. The molecule has 1 aromatic rings. The van der Waals surface area contributed by atoms with Gasteiger partial charge in [-0.2, -0.15) is 5.10 Å². The number of ether oxygens (including phenoxy) is 2. The highest BCUT2D eigenvalue weighted by Crippen LogP contribution is 2.23. The number of nitrogens with zero attached hydrogens (tertiary/aromatic N) is 2. The van der Waals surface area contributed by atoms with Crippen molar-refractivity contribution in [3.05, 3.63) is 16.8 Å². The van der Waals surface area contributed by atoms with Crippen molar-refractivity contribution in [3.8, 4) is 5.88 Å². The van der Waals surface area contributed by atoms with Crippen LogP contribution >= 0.6 is 0 Å². The van der Waals surface area contributed by atoms with E-state index < -0.39 is 0 Å². The molecule has 1 fully saturated rings. The molecule has 1 aliphatic heterocycles. The van der Waals surface area contributed by atoms with E-state index in [1.165, 1.54) is 0 Å². The third-order valence-electron chi connectivity index (χ3n) is 3.76. The largest absolute Gasteiger partial charge is 0.473 e. The number of nitrogen functional groups attached to an aromatic ring is 1. The second kappa shape index (κ2) is 7.36. The lowest BCUT2D eigenvalue weighted by molar-refractivity contribution is -0.0121. The molecule has 0 aromatic carbocycles. The number of nitrogens with one attached hydrogen (secondary N) is 1. The van der Waals surface area contributed by atoms with Crippen LogP contribution in [0.4, 0.5) is 0 Å². The molecule has 0 radical (unpaired) electrons. The quantitative estimate of drug-likeness (QED) is 0.616. The van der Waals surface area contributed by atoms with Crippen molar-refractivity contribution in [3.63, 3.8) is 0 Å². The molecule has 0 amide bonds. The van der Waals surface area contributed by atoms with E-state index in [9.17, 15) is 0 Å². The topological polar surface area (TPSA) is 94.1 Å². The Morgan fingerprint density at radius 1 is 1.33 bits per heavy atom.